The molecule has 2 N–H and O–H groups in total. The van der Waals surface area contributed by atoms with Gasteiger partial charge >= 0.3 is 0 Å². The minimum absolute atomic E-state index is 0.0680. The fraction of sp³-hybridized carbons (Fsp3) is 0.133. The first-order valence-electron chi connectivity index (χ1n) is 6.03. The molecule has 1 heterocycles. The van der Waals surface area contributed by atoms with E-state index in [9.17, 15) is 10.2 Å². The number of fused-ring (bicyclic) bond motifs is 1. The summed E-state index contributed by atoms with van der Waals surface area (Å²) in [5.74, 6) is 0.834. The van der Waals surface area contributed by atoms with Gasteiger partial charge < -0.3 is 14.8 Å². The van der Waals surface area contributed by atoms with E-state index < -0.39 is 0 Å². The highest BCUT2D eigenvalue weighted by molar-refractivity contribution is 5.82. The zero-order valence-electron chi connectivity index (χ0n) is 10.8. The highest BCUT2D eigenvalue weighted by Gasteiger charge is 2.15. The Morgan fingerprint density at radius 3 is 2.53 bits per heavy atom. The Bertz CT molecular complexity index is 775. The molecule has 0 unspecified atom stereocenters. The van der Waals surface area contributed by atoms with Crippen LogP contribution in [0.25, 0.3) is 22.4 Å². The fourth-order valence-electron chi connectivity index (χ4n) is 2.26. The van der Waals surface area contributed by atoms with Crippen molar-refractivity contribution in [2.24, 2.45) is 7.05 Å². The molecular formula is C15H14N2O2. The number of hydrogen-bond acceptors (Lipinski definition) is 3. The number of aryl methyl sites for hydroxylation is 1. The molecule has 3 rings (SSSR count). The number of phenolic OH excluding ortho intramolecular Hbond substituents is 2. The largest absolute Gasteiger partial charge is 0.508 e. The Morgan fingerprint density at radius 2 is 1.79 bits per heavy atom. The summed E-state index contributed by atoms with van der Waals surface area (Å²) in [6.45, 7) is 1.68. The Balaban J connectivity index is 2.31. The van der Waals surface area contributed by atoms with Crippen molar-refractivity contribution in [3.05, 3.63) is 42.0 Å². The van der Waals surface area contributed by atoms with Gasteiger partial charge in [0.1, 0.15) is 17.3 Å². The highest BCUT2D eigenvalue weighted by atomic mass is 16.3. The molecule has 3 aromatic rings. The standard InChI is InChI=1S/C15H14N2O2/c1-9-13(18)8-7-10(14(9)19)15-16-11-5-3-4-6-12(11)17(15)2/h3-8,18-19H,1-2H3. The number of para-hydroxylation sites is 2. The summed E-state index contributed by atoms with van der Waals surface area (Å²) in [7, 11) is 1.91. The van der Waals surface area contributed by atoms with Crippen LogP contribution in [0, 0.1) is 6.92 Å². The predicted molar refractivity (Wildman–Crippen MR) is 74.2 cm³/mol. The van der Waals surface area contributed by atoms with E-state index in [2.05, 4.69) is 4.98 Å². The van der Waals surface area contributed by atoms with Crippen LogP contribution in [-0.4, -0.2) is 19.8 Å². The van der Waals surface area contributed by atoms with Crippen molar-refractivity contribution in [2.45, 2.75) is 6.92 Å². The minimum atomic E-state index is 0.0680. The predicted octanol–water partition coefficient (Wildman–Crippen LogP) is 2.96. The van der Waals surface area contributed by atoms with Crippen LogP contribution in [0.2, 0.25) is 0 Å². The number of imidazole rings is 1. The molecule has 0 aliphatic rings. The first kappa shape index (κ1) is 11.6. The molecule has 0 aliphatic heterocycles. The van der Waals surface area contributed by atoms with Crippen molar-refractivity contribution in [3.8, 4) is 22.9 Å². The number of hydrogen-bond donors (Lipinski definition) is 2. The van der Waals surface area contributed by atoms with Crippen LogP contribution in [0.3, 0.4) is 0 Å². The number of aromatic nitrogens is 2. The van der Waals surface area contributed by atoms with Crippen LogP contribution in [-0.2, 0) is 7.05 Å². The number of aromatic hydroxyl groups is 2. The van der Waals surface area contributed by atoms with Crippen LogP contribution < -0.4 is 0 Å². The third kappa shape index (κ3) is 1.64. The summed E-state index contributed by atoms with van der Waals surface area (Å²) >= 11 is 0. The zero-order valence-corrected chi connectivity index (χ0v) is 10.8. The normalized spacial score (nSPS) is 11.1. The monoisotopic (exact) mass is 254 g/mol. The van der Waals surface area contributed by atoms with Gasteiger partial charge in [0.15, 0.2) is 0 Å². The first-order valence-corrected chi connectivity index (χ1v) is 6.03. The molecule has 0 saturated heterocycles. The summed E-state index contributed by atoms with van der Waals surface area (Å²) in [5.41, 5.74) is 2.96. The van der Waals surface area contributed by atoms with Gasteiger partial charge in [-0.1, -0.05) is 12.1 Å². The van der Waals surface area contributed by atoms with E-state index in [-0.39, 0.29) is 11.5 Å². The van der Waals surface area contributed by atoms with E-state index in [1.165, 1.54) is 0 Å². The van der Waals surface area contributed by atoms with E-state index in [1.807, 2.05) is 35.9 Å². The SMILES string of the molecule is Cc1c(O)ccc(-c2nc3ccccc3n2C)c1O. The molecule has 0 saturated carbocycles. The van der Waals surface area contributed by atoms with Crippen LogP contribution in [0.1, 0.15) is 5.56 Å². The summed E-state index contributed by atoms with van der Waals surface area (Å²) in [5, 5.41) is 19.8. The van der Waals surface area contributed by atoms with Gasteiger partial charge in [0.2, 0.25) is 0 Å². The topological polar surface area (TPSA) is 58.3 Å². The molecule has 0 amide bonds. The lowest BCUT2D eigenvalue weighted by molar-refractivity contribution is 0.444. The fourth-order valence-corrected chi connectivity index (χ4v) is 2.26. The minimum Gasteiger partial charge on any atom is -0.508 e. The van der Waals surface area contributed by atoms with E-state index in [4.69, 9.17) is 0 Å². The molecule has 0 fully saturated rings. The van der Waals surface area contributed by atoms with Crippen molar-refractivity contribution in [1.82, 2.24) is 9.55 Å². The third-order valence-electron chi connectivity index (χ3n) is 3.43. The molecule has 0 spiro atoms. The molecule has 0 radical (unpaired) electrons. The number of benzene rings is 2. The molecule has 1 aromatic heterocycles. The van der Waals surface area contributed by atoms with Crippen molar-refractivity contribution in [3.63, 3.8) is 0 Å². The van der Waals surface area contributed by atoms with Crippen molar-refractivity contribution < 1.29 is 10.2 Å². The molecule has 4 heteroatoms. The molecule has 0 aliphatic carbocycles. The van der Waals surface area contributed by atoms with E-state index in [1.54, 1.807) is 19.1 Å². The van der Waals surface area contributed by atoms with Gasteiger partial charge in [0, 0.05) is 12.6 Å². The maximum absolute atomic E-state index is 10.2. The zero-order chi connectivity index (χ0) is 13.6. The third-order valence-corrected chi connectivity index (χ3v) is 3.43. The lowest BCUT2D eigenvalue weighted by atomic mass is 10.1. The molecule has 0 atom stereocenters. The lowest BCUT2D eigenvalue weighted by Gasteiger charge is -2.08. The average Bonchev–Trinajstić information content (AvgIpc) is 2.74. The Labute approximate surface area is 110 Å². The lowest BCUT2D eigenvalue weighted by Crippen LogP contribution is -1.93. The average molecular weight is 254 g/mol. The quantitative estimate of drug-likeness (QED) is 0.702. The molecular weight excluding hydrogens is 240 g/mol. The van der Waals surface area contributed by atoms with Crippen LogP contribution >= 0.6 is 0 Å². The van der Waals surface area contributed by atoms with Crippen molar-refractivity contribution in [2.75, 3.05) is 0 Å². The maximum Gasteiger partial charge on any atom is 0.144 e. The van der Waals surface area contributed by atoms with E-state index >= 15 is 0 Å². The summed E-state index contributed by atoms with van der Waals surface area (Å²) in [6, 6.07) is 11.1. The highest BCUT2D eigenvalue weighted by Crippen LogP contribution is 2.36. The molecule has 0 bridgehead atoms. The van der Waals surface area contributed by atoms with Gasteiger partial charge in [-0.05, 0) is 31.2 Å². The van der Waals surface area contributed by atoms with Gasteiger partial charge in [-0.3, -0.25) is 0 Å². The molecule has 96 valence electrons. The van der Waals surface area contributed by atoms with Crippen molar-refractivity contribution in [1.29, 1.82) is 0 Å². The Hall–Kier alpha value is -2.49. The van der Waals surface area contributed by atoms with Gasteiger partial charge in [-0.15, -0.1) is 0 Å². The maximum atomic E-state index is 10.2. The molecule has 2 aromatic carbocycles. The number of rotatable bonds is 1. The van der Waals surface area contributed by atoms with E-state index in [0.29, 0.717) is 17.0 Å². The van der Waals surface area contributed by atoms with Gasteiger partial charge in [-0.25, -0.2) is 4.98 Å². The molecule has 19 heavy (non-hydrogen) atoms. The summed E-state index contributed by atoms with van der Waals surface area (Å²) in [4.78, 5) is 4.54. The second-order valence-electron chi connectivity index (χ2n) is 4.59. The van der Waals surface area contributed by atoms with E-state index in [0.717, 1.165) is 11.0 Å². The van der Waals surface area contributed by atoms with Crippen LogP contribution in [0.15, 0.2) is 36.4 Å². The second-order valence-corrected chi connectivity index (χ2v) is 4.59. The summed E-state index contributed by atoms with van der Waals surface area (Å²) < 4.78 is 1.93. The second kappa shape index (κ2) is 4.02. The smallest absolute Gasteiger partial charge is 0.144 e. The number of nitrogens with zero attached hydrogens (tertiary/aromatic N) is 2. The van der Waals surface area contributed by atoms with Crippen LogP contribution in [0.5, 0.6) is 11.5 Å². The summed E-state index contributed by atoms with van der Waals surface area (Å²) in [6.07, 6.45) is 0. The van der Waals surface area contributed by atoms with Gasteiger partial charge in [0.05, 0.1) is 16.6 Å². The molecule has 4 nitrogen and oxygen atoms in total. The van der Waals surface area contributed by atoms with Crippen molar-refractivity contribution >= 4 is 11.0 Å². The Morgan fingerprint density at radius 1 is 1.05 bits per heavy atom. The first-order chi connectivity index (χ1) is 9.09. The van der Waals surface area contributed by atoms with Gasteiger partial charge in [-0.2, -0.15) is 0 Å². The van der Waals surface area contributed by atoms with Gasteiger partial charge in [0.25, 0.3) is 0 Å². The Kier molecular flexibility index (Phi) is 2.45. The van der Waals surface area contributed by atoms with Crippen LogP contribution in [0.4, 0.5) is 0 Å². The number of phenols is 2.